The van der Waals surface area contributed by atoms with Gasteiger partial charge in [-0.1, -0.05) is 6.07 Å². The number of carbonyl (C=O) groups is 1. The maximum Gasteiger partial charge on any atom is 0.419 e. The van der Waals surface area contributed by atoms with Crippen molar-refractivity contribution in [3.63, 3.8) is 0 Å². The minimum atomic E-state index is -4.75. The Balaban J connectivity index is 1.48. The van der Waals surface area contributed by atoms with Crippen molar-refractivity contribution in [1.29, 1.82) is 0 Å². The average Bonchev–Trinajstić information content (AvgIpc) is 3.09. The van der Waals surface area contributed by atoms with Crippen molar-refractivity contribution in [3.05, 3.63) is 69.0 Å². The van der Waals surface area contributed by atoms with Gasteiger partial charge >= 0.3 is 6.18 Å². The van der Waals surface area contributed by atoms with Crippen LogP contribution in [-0.4, -0.2) is 33.0 Å². The highest BCUT2D eigenvalue weighted by molar-refractivity contribution is 6.07. The summed E-state index contributed by atoms with van der Waals surface area (Å²) in [6.07, 6.45) is -0.689. The molecule has 0 bridgehead atoms. The number of pyridine rings is 1. The van der Waals surface area contributed by atoms with Gasteiger partial charge in [-0.25, -0.2) is 4.39 Å². The van der Waals surface area contributed by atoms with Crippen LogP contribution in [0.4, 0.5) is 17.6 Å². The topological polar surface area (TPSA) is 47.2 Å². The van der Waals surface area contributed by atoms with E-state index in [1.807, 2.05) is 6.92 Å². The first kappa shape index (κ1) is 20.8. The van der Waals surface area contributed by atoms with Gasteiger partial charge in [-0.15, -0.1) is 0 Å². The molecule has 0 spiro atoms. The lowest BCUT2D eigenvalue weighted by Crippen LogP contribution is -2.33. The van der Waals surface area contributed by atoms with Gasteiger partial charge in [-0.05, 0) is 42.5 Å². The number of fused-ring (bicyclic) bond motifs is 2. The molecular formula is C23H21F4N3O2. The van der Waals surface area contributed by atoms with Crippen LogP contribution in [0.15, 0.2) is 35.4 Å². The molecule has 2 aliphatic rings. The Morgan fingerprint density at radius 2 is 1.88 bits per heavy atom. The first-order chi connectivity index (χ1) is 14.9. The lowest BCUT2D eigenvalue weighted by molar-refractivity contribution is -0.140. The molecule has 1 saturated carbocycles. The number of benzene rings is 1. The van der Waals surface area contributed by atoms with Crippen LogP contribution in [0, 0.1) is 18.7 Å². The minimum absolute atomic E-state index is 0.0575. The van der Waals surface area contributed by atoms with E-state index >= 15 is 0 Å². The molecule has 1 saturated heterocycles. The van der Waals surface area contributed by atoms with Crippen molar-refractivity contribution in [2.24, 2.45) is 20.0 Å². The van der Waals surface area contributed by atoms with Crippen LogP contribution in [0.5, 0.6) is 0 Å². The van der Waals surface area contributed by atoms with Crippen LogP contribution < -0.4 is 5.56 Å². The van der Waals surface area contributed by atoms with Crippen LogP contribution in [0.25, 0.3) is 10.9 Å². The molecule has 1 aromatic carbocycles. The summed E-state index contributed by atoms with van der Waals surface area (Å²) < 4.78 is 56.1. The van der Waals surface area contributed by atoms with Crippen LogP contribution in [0.3, 0.4) is 0 Å². The predicted octanol–water partition coefficient (Wildman–Crippen LogP) is 3.76. The normalized spacial score (nSPS) is 22.5. The number of hydrogen-bond donors (Lipinski definition) is 0. The Hall–Kier alpha value is -3.10. The largest absolute Gasteiger partial charge is 0.419 e. The van der Waals surface area contributed by atoms with E-state index in [0.29, 0.717) is 35.0 Å². The van der Waals surface area contributed by atoms with Gasteiger partial charge < -0.3 is 14.0 Å². The quantitative estimate of drug-likeness (QED) is 0.562. The molecule has 5 nitrogen and oxygen atoms in total. The zero-order valence-electron chi connectivity index (χ0n) is 17.8. The molecule has 5 rings (SSSR count). The number of likely N-dealkylation sites (tertiary alicyclic amines) is 1. The molecule has 168 valence electrons. The highest BCUT2D eigenvalue weighted by Crippen LogP contribution is 2.59. The molecule has 2 atom stereocenters. The summed E-state index contributed by atoms with van der Waals surface area (Å²) in [4.78, 5) is 27.8. The highest BCUT2D eigenvalue weighted by atomic mass is 19.4. The maximum atomic E-state index is 14.2. The summed E-state index contributed by atoms with van der Waals surface area (Å²) in [6, 6.07) is 3.04. The molecule has 2 aromatic heterocycles. The summed E-state index contributed by atoms with van der Waals surface area (Å²) in [6.45, 7) is 2.57. The molecule has 32 heavy (non-hydrogen) atoms. The number of alkyl halides is 3. The molecule has 0 N–H and O–H groups in total. The van der Waals surface area contributed by atoms with E-state index in [2.05, 4.69) is 0 Å². The van der Waals surface area contributed by atoms with Gasteiger partial charge in [0.25, 0.3) is 11.5 Å². The van der Waals surface area contributed by atoms with Gasteiger partial charge in [0.1, 0.15) is 5.82 Å². The fraction of sp³-hybridized carbons (Fsp3) is 0.391. The summed E-state index contributed by atoms with van der Waals surface area (Å²) in [5.41, 5.74) is 0.257. The van der Waals surface area contributed by atoms with E-state index in [-0.39, 0.29) is 23.9 Å². The van der Waals surface area contributed by atoms with Gasteiger partial charge in [0.2, 0.25) is 0 Å². The second-order valence-corrected chi connectivity index (χ2v) is 9.04. The Morgan fingerprint density at radius 1 is 1.16 bits per heavy atom. The number of aryl methyl sites for hydroxylation is 3. The Kier molecular flexibility index (Phi) is 4.20. The van der Waals surface area contributed by atoms with Crippen molar-refractivity contribution >= 4 is 16.8 Å². The lowest BCUT2D eigenvalue weighted by Gasteiger charge is -2.21. The molecular weight excluding hydrogens is 426 g/mol. The van der Waals surface area contributed by atoms with E-state index in [9.17, 15) is 27.2 Å². The van der Waals surface area contributed by atoms with Gasteiger partial charge in [-0.2, -0.15) is 13.2 Å². The summed E-state index contributed by atoms with van der Waals surface area (Å²) in [7, 11) is 3.41. The molecule has 2 fully saturated rings. The van der Waals surface area contributed by atoms with Crippen molar-refractivity contribution in [1.82, 2.24) is 14.0 Å². The predicted molar refractivity (Wildman–Crippen MR) is 110 cm³/mol. The third kappa shape index (κ3) is 2.83. The van der Waals surface area contributed by atoms with Crippen molar-refractivity contribution in [3.8, 4) is 0 Å². The van der Waals surface area contributed by atoms with Crippen LogP contribution in [0.1, 0.15) is 33.5 Å². The van der Waals surface area contributed by atoms with Crippen molar-refractivity contribution in [2.45, 2.75) is 24.9 Å². The minimum Gasteiger partial charge on any atom is -0.349 e. The van der Waals surface area contributed by atoms with Crippen LogP contribution in [-0.2, 0) is 25.7 Å². The van der Waals surface area contributed by atoms with E-state index < -0.39 is 23.0 Å². The Labute approximate surface area is 180 Å². The second-order valence-electron chi connectivity index (χ2n) is 9.04. The standard InChI is InChI=1S/C23H21F4N3O2/c1-12-8-29(3)21(32)18-15(10-28(2)19(12)18)20(31)30-9-14-7-22(14,11-30)13-4-5-16(17(24)6-13)23(25,26)27/h4-6,8,10,14H,7,9,11H2,1-3H3. The fourth-order valence-electron chi connectivity index (χ4n) is 5.38. The summed E-state index contributed by atoms with van der Waals surface area (Å²) in [5.74, 6) is -1.53. The van der Waals surface area contributed by atoms with Gasteiger partial charge in [-0.3, -0.25) is 9.59 Å². The number of nitrogens with zero attached hydrogens (tertiary/aromatic N) is 3. The SMILES string of the molecule is Cc1cn(C)c(=O)c2c(C(=O)N3CC4CC4(c4ccc(C(F)(F)F)c(F)c4)C3)cn(C)c12. The van der Waals surface area contributed by atoms with E-state index in [0.717, 1.165) is 17.7 Å². The molecule has 1 amide bonds. The van der Waals surface area contributed by atoms with E-state index in [1.54, 1.807) is 36.0 Å². The Bertz CT molecular complexity index is 1350. The summed E-state index contributed by atoms with van der Waals surface area (Å²) >= 11 is 0. The number of rotatable bonds is 2. The highest BCUT2D eigenvalue weighted by Gasteiger charge is 2.62. The monoisotopic (exact) mass is 447 g/mol. The average molecular weight is 447 g/mol. The first-order valence-electron chi connectivity index (χ1n) is 10.3. The number of piperidine rings is 1. The van der Waals surface area contributed by atoms with Gasteiger partial charge in [0.05, 0.1) is 22.0 Å². The molecule has 3 aromatic rings. The second kappa shape index (κ2) is 6.46. The third-order valence-electron chi connectivity index (χ3n) is 6.99. The maximum absolute atomic E-state index is 14.2. The number of aromatic nitrogens is 2. The smallest absolute Gasteiger partial charge is 0.349 e. The molecule has 2 unspecified atom stereocenters. The van der Waals surface area contributed by atoms with Gasteiger partial charge in [0, 0.05) is 45.0 Å². The molecule has 1 aliphatic heterocycles. The molecule has 9 heteroatoms. The van der Waals surface area contributed by atoms with Gasteiger partial charge in [0.15, 0.2) is 0 Å². The zero-order valence-corrected chi connectivity index (χ0v) is 17.8. The third-order valence-corrected chi connectivity index (χ3v) is 6.99. The van der Waals surface area contributed by atoms with Crippen LogP contribution in [0.2, 0.25) is 0 Å². The van der Waals surface area contributed by atoms with E-state index in [1.165, 1.54) is 10.6 Å². The number of carbonyl (C=O) groups excluding carboxylic acids is 1. The van der Waals surface area contributed by atoms with Crippen molar-refractivity contribution in [2.75, 3.05) is 13.1 Å². The number of halogens is 4. The zero-order chi connectivity index (χ0) is 23.2. The van der Waals surface area contributed by atoms with Crippen LogP contribution >= 0.6 is 0 Å². The first-order valence-corrected chi connectivity index (χ1v) is 10.3. The Morgan fingerprint density at radius 3 is 2.53 bits per heavy atom. The number of amides is 1. The lowest BCUT2D eigenvalue weighted by atomic mass is 9.93. The molecule has 0 radical (unpaired) electrons. The van der Waals surface area contributed by atoms with Crippen molar-refractivity contribution < 1.29 is 22.4 Å². The van der Waals surface area contributed by atoms with E-state index in [4.69, 9.17) is 0 Å². The molecule has 1 aliphatic carbocycles. The summed E-state index contributed by atoms with van der Waals surface area (Å²) in [5, 5.41) is 0.357. The molecule has 3 heterocycles. The fourth-order valence-corrected chi connectivity index (χ4v) is 5.38. The number of hydrogen-bond acceptors (Lipinski definition) is 2.